The van der Waals surface area contributed by atoms with Crippen LogP contribution in [0.5, 0.6) is 0 Å². The van der Waals surface area contributed by atoms with Gasteiger partial charge in [0.25, 0.3) is 0 Å². The zero-order chi connectivity index (χ0) is 17.5. The zero-order valence-electron chi connectivity index (χ0n) is 15.2. The molecule has 0 fully saturated rings. The Hall–Kier alpha value is -0.393. The number of halogens is 1. The summed E-state index contributed by atoms with van der Waals surface area (Å²) in [5.74, 6) is 0. The first-order valence-electron chi connectivity index (χ1n) is 8.48. The molecule has 3 nitrogen and oxygen atoms in total. The van der Waals surface area contributed by atoms with E-state index in [-0.39, 0.29) is 11.3 Å². The molecule has 1 aliphatic rings. The van der Waals surface area contributed by atoms with Crippen molar-refractivity contribution in [2.24, 2.45) is 0 Å². The smallest absolute Gasteiger partial charge is 0.194 e. The number of aliphatic hydroxyl groups is 1. The average molecular weight is 356 g/mol. The van der Waals surface area contributed by atoms with Gasteiger partial charge in [0.2, 0.25) is 0 Å². The maximum absolute atomic E-state index is 11.2. The quantitative estimate of drug-likeness (QED) is 0.704. The predicted molar refractivity (Wildman–Crippen MR) is 99.0 cm³/mol. The van der Waals surface area contributed by atoms with Gasteiger partial charge in [-0.2, -0.15) is 0 Å². The molecule has 2 rings (SSSR count). The summed E-state index contributed by atoms with van der Waals surface area (Å²) in [5.41, 5.74) is 0.663. The Bertz CT molecular complexity index is 571. The van der Waals surface area contributed by atoms with E-state index in [1.165, 1.54) is 0 Å². The van der Waals surface area contributed by atoms with Crippen molar-refractivity contribution in [2.75, 3.05) is 0 Å². The number of fused-ring (bicyclic) bond motifs is 1. The van der Waals surface area contributed by atoms with E-state index in [2.05, 4.69) is 46.1 Å². The van der Waals surface area contributed by atoms with Crippen molar-refractivity contribution in [3.05, 3.63) is 34.3 Å². The predicted octanol–water partition coefficient (Wildman–Crippen LogP) is 5.30. The Morgan fingerprint density at radius 1 is 1.35 bits per heavy atom. The molecule has 130 valence electrons. The van der Waals surface area contributed by atoms with Crippen LogP contribution >= 0.6 is 11.6 Å². The average Bonchev–Trinajstić information content (AvgIpc) is 2.69. The minimum atomic E-state index is -1.97. The lowest BCUT2D eigenvalue weighted by Crippen LogP contribution is -2.46. The van der Waals surface area contributed by atoms with Crippen LogP contribution in [0.25, 0.3) is 0 Å². The first-order valence-corrected chi connectivity index (χ1v) is 11.8. The van der Waals surface area contributed by atoms with Gasteiger partial charge in [0.1, 0.15) is 12.0 Å². The van der Waals surface area contributed by atoms with Crippen LogP contribution in [0.4, 0.5) is 0 Å². The van der Waals surface area contributed by atoms with Gasteiger partial charge in [0, 0.05) is 16.1 Å². The Labute approximate surface area is 146 Å². The summed E-state index contributed by atoms with van der Waals surface area (Å²) < 4.78 is 6.53. The SMILES string of the molecule is CCCCC1(O)NC(O[Si](C)(C)C(C)(C)C)c2cccc(Cl)c21. The molecule has 0 amide bonds. The second-order valence-electron chi connectivity index (χ2n) is 8.07. The third-order valence-electron chi connectivity index (χ3n) is 5.22. The molecule has 1 aliphatic heterocycles. The Morgan fingerprint density at radius 2 is 2.00 bits per heavy atom. The highest BCUT2D eigenvalue weighted by Crippen LogP contribution is 2.46. The third kappa shape index (κ3) is 3.66. The molecule has 0 aliphatic carbocycles. The largest absolute Gasteiger partial charge is 0.398 e. The molecular formula is C18H30ClNO2Si. The minimum absolute atomic E-state index is 0.109. The number of benzene rings is 1. The van der Waals surface area contributed by atoms with Gasteiger partial charge >= 0.3 is 0 Å². The van der Waals surface area contributed by atoms with Crippen LogP contribution in [0.3, 0.4) is 0 Å². The van der Waals surface area contributed by atoms with E-state index in [0.29, 0.717) is 11.4 Å². The monoisotopic (exact) mass is 355 g/mol. The van der Waals surface area contributed by atoms with Crippen molar-refractivity contribution in [1.82, 2.24) is 5.32 Å². The van der Waals surface area contributed by atoms with Crippen LogP contribution in [-0.4, -0.2) is 13.4 Å². The summed E-state index contributed by atoms with van der Waals surface area (Å²) in [6, 6.07) is 5.78. The molecule has 2 N–H and O–H groups in total. The van der Waals surface area contributed by atoms with Gasteiger partial charge in [0.15, 0.2) is 8.32 Å². The van der Waals surface area contributed by atoms with E-state index in [9.17, 15) is 5.11 Å². The molecule has 0 saturated heterocycles. The topological polar surface area (TPSA) is 41.5 Å². The van der Waals surface area contributed by atoms with Gasteiger partial charge in [-0.25, -0.2) is 0 Å². The maximum Gasteiger partial charge on any atom is 0.194 e. The molecular weight excluding hydrogens is 326 g/mol. The minimum Gasteiger partial charge on any atom is -0.398 e. The van der Waals surface area contributed by atoms with Gasteiger partial charge in [-0.3, -0.25) is 5.32 Å². The number of unbranched alkanes of at least 4 members (excludes halogenated alkanes) is 1. The number of hydrogen-bond donors (Lipinski definition) is 2. The highest BCUT2D eigenvalue weighted by molar-refractivity contribution is 6.74. The summed E-state index contributed by atoms with van der Waals surface area (Å²) in [5, 5.41) is 15.2. The van der Waals surface area contributed by atoms with Crippen molar-refractivity contribution in [2.45, 2.75) is 77.0 Å². The first kappa shape index (κ1) is 18.9. The summed E-state index contributed by atoms with van der Waals surface area (Å²) in [4.78, 5) is 0. The lowest BCUT2D eigenvalue weighted by atomic mass is 9.96. The highest BCUT2D eigenvalue weighted by atomic mass is 35.5. The Morgan fingerprint density at radius 3 is 2.57 bits per heavy atom. The number of hydrogen-bond acceptors (Lipinski definition) is 3. The van der Waals surface area contributed by atoms with Gasteiger partial charge in [-0.1, -0.05) is 57.8 Å². The molecule has 0 radical (unpaired) electrons. The van der Waals surface area contributed by atoms with E-state index in [0.717, 1.165) is 24.0 Å². The van der Waals surface area contributed by atoms with Crippen molar-refractivity contribution >= 4 is 19.9 Å². The molecule has 2 unspecified atom stereocenters. The van der Waals surface area contributed by atoms with E-state index in [1.54, 1.807) is 0 Å². The van der Waals surface area contributed by atoms with E-state index in [1.807, 2.05) is 18.2 Å². The van der Waals surface area contributed by atoms with Crippen LogP contribution in [0.1, 0.15) is 64.3 Å². The normalized spacial score (nSPS) is 24.8. The lowest BCUT2D eigenvalue weighted by molar-refractivity contribution is -0.0349. The highest BCUT2D eigenvalue weighted by Gasteiger charge is 2.47. The van der Waals surface area contributed by atoms with Crippen molar-refractivity contribution in [3.8, 4) is 0 Å². The number of rotatable bonds is 5. The summed E-state index contributed by atoms with van der Waals surface area (Å²) in [6.07, 6.45) is 2.29. The van der Waals surface area contributed by atoms with Gasteiger partial charge in [-0.15, -0.1) is 0 Å². The zero-order valence-corrected chi connectivity index (χ0v) is 16.9. The van der Waals surface area contributed by atoms with Gasteiger partial charge < -0.3 is 9.53 Å². The van der Waals surface area contributed by atoms with Crippen molar-refractivity contribution in [3.63, 3.8) is 0 Å². The van der Waals surface area contributed by atoms with E-state index in [4.69, 9.17) is 16.0 Å². The van der Waals surface area contributed by atoms with Gasteiger partial charge in [-0.05, 0) is 37.0 Å². The van der Waals surface area contributed by atoms with Crippen LogP contribution in [0.15, 0.2) is 18.2 Å². The van der Waals surface area contributed by atoms with Crippen LogP contribution < -0.4 is 5.32 Å². The molecule has 1 aromatic carbocycles. The molecule has 1 aromatic rings. The molecule has 0 aromatic heterocycles. The van der Waals surface area contributed by atoms with E-state index < -0.39 is 14.0 Å². The van der Waals surface area contributed by atoms with Crippen LogP contribution in [0, 0.1) is 0 Å². The second kappa shape index (κ2) is 6.49. The van der Waals surface area contributed by atoms with Crippen LogP contribution in [-0.2, 0) is 10.2 Å². The summed E-state index contributed by atoms with van der Waals surface area (Å²) in [6.45, 7) is 13.2. The molecule has 23 heavy (non-hydrogen) atoms. The van der Waals surface area contributed by atoms with Gasteiger partial charge in [0.05, 0.1) is 0 Å². The molecule has 0 spiro atoms. The number of nitrogens with one attached hydrogen (secondary N) is 1. The summed E-state index contributed by atoms with van der Waals surface area (Å²) >= 11 is 6.42. The molecule has 0 bridgehead atoms. The Kier molecular flexibility index (Phi) is 5.34. The molecule has 2 atom stereocenters. The lowest BCUT2D eigenvalue weighted by Gasteiger charge is -2.39. The molecule has 5 heteroatoms. The van der Waals surface area contributed by atoms with Crippen LogP contribution in [0.2, 0.25) is 23.2 Å². The fourth-order valence-corrected chi connectivity index (χ4v) is 4.22. The fourth-order valence-electron chi connectivity index (χ4n) is 2.76. The third-order valence-corrected chi connectivity index (χ3v) is 9.97. The molecule has 0 saturated carbocycles. The maximum atomic E-state index is 11.2. The second-order valence-corrected chi connectivity index (χ2v) is 13.2. The van der Waals surface area contributed by atoms with E-state index >= 15 is 0 Å². The first-order chi connectivity index (χ1) is 10.5. The van der Waals surface area contributed by atoms with Crippen molar-refractivity contribution < 1.29 is 9.53 Å². The van der Waals surface area contributed by atoms with Crippen molar-refractivity contribution in [1.29, 1.82) is 0 Å². The summed E-state index contributed by atoms with van der Waals surface area (Å²) in [7, 11) is -1.97. The standard InChI is InChI=1S/C18H30ClNO2Si/c1-7-8-12-18(21)15-13(10-9-11-14(15)19)16(20-18)22-23(5,6)17(2,3)4/h9-11,16,20-21H,7-8,12H2,1-6H3. The Balaban J connectivity index is 2.37. The fraction of sp³-hybridized carbons (Fsp3) is 0.667. The molecule has 1 heterocycles.